The predicted octanol–water partition coefficient (Wildman–Crippen LogP) is 4.15. The Bertz CT molecular complexity index is 499. The first-order chi connectivity index (χ1) is 11.6. The van der Waals surface area contributed by atoms with Crippen molar-refractivity contribution < 1.29 is 14.3 Å². The van der Waals surface area contributed by atoms with Crippen LogP contribution in [0.25, 0.3) is 0 Å². The van der Waals surface area contributed by atoms with Crippen LogP contribution in [0.15, 0.2) is 43.0 Å². The van der Waals surface area contributed by atoms with Crippen LogP contribution >= 0.6 is 0 Å². The van der Waals surface area contributed by atoms with Crippen molar-refractivity contribution in [3.05, 3.63) is 48.6 Å². The van der Waals surface area contributed by atoms with Gasteiger partial charge in [0.25, 0.3) is 0 Å². The fourth-order valence-corrected chi connectivity index (χ4v) is 2.33. The first-order valence-electron chi connectivity index (χ1n) is 8.74. The zero-order chi connectivity index (χ0) is 17.6. The third-order valence-corrected chi connectivity index (χ3v) is 3.77. The van der Waals surface area contributed by atoms with E-state index in [4.69, 9.17) is 4.74 Å². The number of ether oxygens (including phenoxy) is 1. The van der Waals surface area contributed by atoms with Crippen molar-refractivity contribution in [3.8, 4) is 0 Å². The highest BCUT2D eigenvalue weighted by molar-refractivity contribution is 5.84. The summed E-state index contributed by atoms with van der Waals surface area (Å²) in [6.07, 6.45) is 8.82. The third-order valence-electron chi connectivity index (χ3n) is 3.77. The van der Waals surface area contributed by atoms with Gasteiger partial charge in [-0.05, 0) is 31.7 Å². The lowest BCUT2D eigenvalue weighted by Crippen LogP contribution is -2.39. The largest absolute Gasteiger partial charge is 0.459 e. The fraction of sp³-hybridized carbons (Fsp3) is 0.500. The number of rotatable bonds is 12. The van der Waals surface area contributed by atoms with E-state index in [0.29, 0.717) is 6.42 Å². The minimum atomic E-state index is -0.617. The number of amides is 1. The first-order valence-corrected chi connectivity index (χ1v) is 8.74. The molecule has 0 aliphatic carbocycles. The van der Waals surface area contributed by atoms with E-state index in [9.17, 15) is 9.59 Å². The van der Waals surface area contributed by atoms with Crippen LogP contribution in [-0.2, 0) is 20.9 Å². The highest BCUT2D eigenvalue weighted by atomic mass is 16.5. The van der Waals surface area contributed by atoms with Crippen LogP contribution in [0.1, 0.15) is 57.4 Å². The van der Waals surface area contributed by atoms with Gasteiger partial charge in [0, 0.05) is 6.42 Å². The lowest BCUT2D eigenvalue weighted by atomic mass is 10.1. The maximum atomic E-state index is 11.9. The normalized spacial score (nSPS) is 11.5. The molecule has 1 atom stereocenters. The average molecular weight is 331 g/mol. The number of carbonyl (C=O) groups excluding carboxylic acids is 2. The van der Waals surface area contributed by atoms with Crippen molar-refractivity contribution in [2.45, 2.75) is 64.5 Å². The standard InChI is InChI=1S/C20H29NO3/c1-3-4-5-6-7-8-12-15-19(22)21-17(2)20(23)24-16-18-13-10-9-11-14-18/h3,9-11,13-14,17H,1,4-8,12,15-16H2,2H3,(H,21,22). The highest BCUT2D eigenvalue weighted by Gasteiger charge is 2.16. The third kappa shape index (κ3) is 9.13. The van der Waals surface area contributed by atoms with Crippen LogP contribution in [0.2, 0.25) is 0 Å². The number of benzene rings is 1. The molecule has 0 spiro atoms. The van der Waals surface area contributed by atoms with Gasteiger partial charge in [0.2, 0.25) is 5.91 Å². The van der Waals surface area contributed by atoms with E-state index < -0.39 is 12.0 Å². The van der Waals surface area contributed by atoms with Crippen molar-refractivity contribution in [2.24, 2.45) is 0 Å². The van der Waals surface area contributed by atoms with E-state index in [1.165, 1.54) is 12.8 Å². The van der Waals surface area contributed by atoms with Gasteiger partial charge in [-0.1, -0.05) is 55.7 Å². The van der Waals surface area contributed by atoms with Crippen molar-refractivity contribution in [2.75, 3.05) is 0 Å². The minimum absolute atomic E-state index is 0.0924. The molecule has 1 rings (SSSR count). The van der Waals surface area contributed by atoms with E-state index in [1.807, 2.05) is 36.4 Å². The van der Waals surface area contributed by atoms with Gasteiger partial charge < -0.3 is 10.1 Å². The van der Waals surface area contributed by atoms with Crippen LogP contribution in [-0.4, -0.2) is 17.9 Å². The molecule has 132 valence electrons. The molecule has 0 bridgehead atoms. The summed E-state index contributed by atoms with van der Waals surface area (Å²) in [5, 5.41) is 2.70. The predicted molar refractivity (Wildman–Crippen MR) is 96.4 cm³/mol. The molecule has 1 aromatic rings. The maximum absolute atomic E-state index is 11.9. The van der Waals surface area contributed by atoms with E-state index in [0.717, 1.165) is 31.2 Å². The molecular weight excluding hydrogens is 302 g/mol. The Balaban J connectivity index is 2.12. The van der Waals surface area contributed by atoms with Gasteiger partial charge >= 0.3 is 5.97 Å². The number of allylic oxidation sites excluding steroid dienone is 1. The summed E-state index contributed by atoms with van der Waals surface area (Å²) < 4.78 is 5.21. The lowest BCUT2D eigenvalue weighted by Gasteiger charge is -2.13. The molecule has 0 aliphatic heterocycles. The number of hydrogen-bond acceptors (Lipinski definition) is 3. The molecule has 0 heterocycles. The summed E-state index contributed by atoms with van der Waals surface area (Å²) in [5.41, 5.74) is 0.931. The Morgan fingerprint density at radius 1 is 1.12 bits per heavy atom. The molecular formula is C20H29NO3. The summed E-state index contributed by atoms with van der Waals surface area (Å²) in [6, 6.07) is 8.87. The second-order valence-electron chi connectivity index (χ2n) is 5.98. The van der Waals surface area contributed by atoms with Gasteiger partial charge in [-0.3, -0.25) is 4.79 Å². The molecule has 0 aromatic heterocycles. The summed E-state index contributed by atoms with van der Waals surface area (Å²) in [7, 11) is 0. The fourth-order valence-electron chi connectivity index (χ4n) is 2.33. The number of nitrogens with one attached hydrogen (secondary N) is 1. The number of hydrogen-bond donors (Lipinski definition) is 1. The van der Waals surface area contributed by atoms with Crippen LogP contribution in [0.3, 0.4) is 0 Å². The second-order valence-corrected chi connectivity index (χ2v) is 5.98. The van der Waals surface area contributed by atoms with Crippen LogP contribution in [0.4, 0.5) is 0 Å². The minimum Gasteiger partial charge on any atom is -0.459 e. The van der Waals surface area contributed by atoms with E-state index in [-0.39, 0.29) is 12.5 Å². The molecule has 0 saturated heterocycles. The zero-order valence-electron chi connectivity index (χ0n) is 14.6. The van der Waals surface area contributed by atoms with Crippen molar-refractivity contribution in [1.29, 1.82) is 0 Å². The van der Waals surface area contributed by atoms with E-state index in [1.54, 1.807) is 6.92 Å². The number of esters is 1. The molecule has 0 aliphatic rings. The van der Waals surface area contributed by atoms with E-state index >= 15 is 0 Å². The summed E-state index contributed by atoms with van der Waals surface area (Å²) >= 11 is 0. The van der Waals surface area contributed by atoms with Crippen molar-refractivity contribution in [3.63, 3.8) is 0 Å². The molecule has 0 fully saturated rings. The highest BCUT2D eigenvalue weighted by Crippen LogP contribution is 2.07. The van der Waals surface area contributed by atoms with Crippen LogP contribution in [0, 0.1) is 0 Å². The summed E-state index contributed by atoms with van der Waals surface area (Å²) in [6.45, 7) is 5.58. The summed E-state index contributed by atoms with van der Waals surface area (Å²) in [5.74, 6) is -0.498. The maximum Gasteiger partial charge on any atom is 0.328 e. The van der Waals surface area contributed by atoms with Crippen molar-refractivity contribution in [1.82, 2.24) is 5.32 Å². The SMILES string of the molecule is C=CCCCCCCCC(=O)NC(C)C(=O)OCc1ccccc1. The van der Waals surface area contributed by atoms with Gasteiger partial charge in [0.1, 0.15) is 12.6 Å². The molecule has 4 heteroatoms. The van der Waals surface area contributed by atoms with Gasteiger partial charge in [-0.2, -0.15) is 0 Å². The monoisotopic (exact) mass is 331 g/mol. The molecule has 1 amide bonds. The van der Waals surface area contributed by atoms with Gasteiger partial charge in [-0.25, -0.2) is 4.79 Å². The van der Waals surface area contributed by atoms with Gasteiger partial charge in [0.05, 0.1) is 0 Å². The average Bonchev–Trinajstić information content (AvgIpc) is 2.59. The van der Waals surface area contributed by atoms with Gasteiger partial charge in [-0.15, -0.1) is 6.58 Å². The Kier molecular flexibility index (Phi) is 10.3. The Morgan fingerprint density at radius 2 is 1.79 bits per heavy atom. The lowest BCUT2D eigenvalue weighted by molar-refractivity contribution is -0.148. The first kappa shape index (κ1) is 19.9. The molecule has 1 unspecified atom stereocenters. The Hall–Kier alpha value is -2.10. The quantitative estimate of drug-likeness (QED) is 0.355. The smallest absolute Gasteiger partial charge is 0.328 e. The Morgan fingerprint density at radius 3 is 2.50 bits per heavy atom. The molecule has 0 radical (unpaired) electrons. The van der Waals surface area contributed by atoms with Crippen molar-refractivity contribution >= 4 is 11.9 Å². The van der Waals surface area contributed by atoms with Gasteiger partial charge in [0.15, 0.2) is 0 Å². The van der Waals surface area contributed by atoms with Crippen LogP contribution in [0.5, 0.6) is 0 Å². The topological polar surface area (TPSA) is 55.4 Å². The molecule has 24 heavy (non-hydrogen) atoms. The molecule has 0 saturated carbocycles. The number of carbonyl (C=O) groups is 2. The Labute approximate surface area is 145 Å². The zero-order valence-corrected chi connectivity index (χ0v) is 14.6. The molecule has 1 aromatic carbocycles. The number of unbranched alkanes of at least 4 members (excludes halogenated alkanes) is 5. The van der Waals surface area contributed by atoms with Crippen LogP contribution < -0.4 is 5.32 Å². The molecule has 1 N–H and O–H groups in total. The second kappa shape index (κ2) is 12.3. The molecule has 4 nitrogen and oxygen atoms in total. The van der Waals surface area contributed by atoms with E-state index in [2.05, 4.69) is 11.9 Å². The summed E-state index contributed by atoms with van der Waals surface area (Å²) in [4.78, 5) is 23.7.